The Morgan fingerprint density at radius 3 is 2.73 bits per heavy atom. The standard InChI is InChI=1S/C14H18Cl2N2O4/c15-12-6-11(18(19)20)7-13(16)14(12)17-3-1-4-21-8-10-2-5-22-9-10/h6-7,10,17H,1-5,8-9H2/t10-/m0/s1. The Labute approximate surface area is 138 Å². The third-order valence-corrected chi connectivity index (χ3v) is 3.98. The number of ether oxygens (including phenoxy) is 2. The molecule has 8 heteroatoms. The van der Waals surface area contributed by atoms with E-state index in [0.717, 1.165) is 32.7 Å². The highest BCUT2D eigenvalue weighted by Crippen LogP contribution is 2.34. The van der Waals surface area contributed by atoms with Crippen LogP contribution in [0.3, 0.4) is 0 Å². The molecule has 1 aliphatic rings. The van der Waals surface area contributed by atoms with E-state index in [1.165, 1.54) is 12.1 Å². The van der Waals surface area contributed by atoms with Gasteiger partial charge in [-0.3, -0.25) is 10.1 Å². The summed E-state index contributed by atoms with van der Waals surface area (Å²) < 4.78 is 10.9. The molecule has 2 rings (SSSR count). The van der Waals surface area contributed by atoms with Crippen LogP contribution in [-0.2, 0) is 9.47 Å². The lowest BCUT2D eigenvalue weighted by atomic mass is 10.1. The molecule has 1 N–H and O–H groups in total. The van der Waals surface area contributed by atoms with E-state index >= 15 is 0 Å². The molecule has 1 aromatic rings. The lowest BCUT2D eigenvalue weighted by molar-refractivity contribution is -0.384. The van der Waals surface area contributed by atoms with Crippen molar-refractivity contribution in [2.45, 2.75) is 12.8 Å². The molecule has 1 atom stereocenters. The number of hydrogen-bond acceptors (Lipinski definition) is 5. The highest BCUT2D eigenvalue weighted by Gasteiger charge is 2.16. The summed E-state index contributed by atoms with van der Waals surface area (Å²) in [4.78, 5) is 10.2. The summed E-state index contributed by atoms with van der Waals surface area (Å²) in [7, 11) is 0. The molecule has 22 heavy (non-hydrogen) atoms. The zero-order valence-electron chi connectivity index (χ0n) is 12.0. The Kier molecular flexibility index (Phi) is 6.70. The predicted octanol–water partition coefficient (Wildman–Crippen LogP) is 3.76. The van der Waals surface area contributed by atoms with Gasteiger partial charge >= 0.3 is 0 Å². The normalized spacial score (nSPS) is 17.6. The summed E-state index contributed by atoms with van der Waals surface area (Å²) in [6.45, 7) is 3.59. The topological polar surface area (TPSA) is 73.6 Å². The average Bonchev–Trinajstić information content (AvgIpc) is 2.97. The van der Waals surface area contributed by atoms with E-state index in [0.29, 0.717) is 24.8 Å². The van der Waals surface area contributed by atoms with Crippen molar-refractivity contribution in [1.29, 1.82) is 0 Å². The Morgan fingerprint density at radius 1 is 1.41 bits per heavy atom. The summed E-state index contributed by atoms with van der Waals surface area (Å²) in [5.74, 6) is 0.506. The molecule has 1 fully saturated rings. The second kappa shape index (κ2) is 8.53. The Morgan fingerprint density at radius 2 is 2.14 bits per heavy atom. The number of nitro groups is 1. The van der Waals surface area contributed by atoms with Crippen molar-refractivity contribution in [1.82, 2.24) is 0 Å². The van der Waals surface area contributed by atoms with Gasteiger partial charge in [-0.05, 0) is 12.8 Å². The molecule has 1 aliphatic heterocycles. The van der Waals surface area contributed by atoms with Gasteiger partial charge in [0.2, 0.25) is 0 Å². The second-order valence-electron chi connectivity index (χ2n) is 5.13. The Hall–Kier alpha value is -1.08. The monoisotopic (exact) mass is 348 g/mol. The number of benzene rings is 1. The molecule has 1 aromatic carbocycles. The molecule has 0 amide bonds. The smallest absolute Gasteiger partial charge is 0.272 e. The molecule has 0 aliphatic carbocycles. The molecule has 0 bridgehead atoms. The van der Waals surface area contributed by atoms with Gasteiger partial charge < -0.3 is 14.8 Å². The molecule has 0 radical (unpaired) electrons. The van der Waals surface area contributed by atoms with Crippen LogP contribution in [0.1, 0.15) is 12.8 Å². The van der Waals surface area contributed by atoms with Gasteiger partial charge in [0.1, 0.15) is 0 Å². The fourth-order valence-electron chi connectivity index (χ4n) is 2.19. The van der Waals surface area contributed by atoms with Crippen LogP contribution in [0.4, 0.5) is 11.4 Å². The minimum atomic E-state index is -0.526. The summed E-state index contributed by atoms with van der Waals surface area (Å²) in [5, 5.41) is 14.3. The lowest BCUT2D eigenvalue weighted by Crippen LogP contribution is -2.12. The summed E-state index contributed by atoms with van der Waals surface area (Å²) in [6, 6.07) is 2.57. The van der Waals surface area contributed by atoms with Crippen LogP contribution in [0.5, 0.6) is 0 Å². The number of anilines is 1. The van der Waals surface area contributed by atoms with Crippen molar-refractivity contribution in [2.75, 3.05) is 38.3 Å². The van der Waals surface area contributed by atoms with Crippen LogP contribution in [0.2, 0.25) is 10.0 Å². The molecule has 1 saturated heterocycles. The number of nitrogens with one attached hydrogen (secondary N) is 1. The fourth-order valence-corrected chi connectivity index (χ4v) is 2.80. The third-order valence-electron chi connectivity index (χ3n) is 3.38. The Bertz CT molecular complexity index is 499. The quantitative estimate of drug-likeness (QED) is 0.439. The molecule has 0 saturated carbocycles. The van der Waals surface area contributed by atoms with Crippen molar-refractivity contribution < 1.29 is 14.4 Å². The summed E-state index contributed by atoms with van der Waals surface area (Å²) >= 11 is 12.0. The molecule has 0 unspecified atom stereocenters. The van der Waals surface area contributed by atoms with E-state index in [1.54, 1.807) is 0 Å². The van der Waals surface area contributed by atoms with Gasteiger partial charge in [0.15, 0.2) is 0 Å². The van der Waals surface area contributed by atoms with Gasteiger partial charge in [-0.25, -0.2) is 0 Å². The van der Waals surface area contributed by atoms with Gasteiger partial charge in [-0.1, -0.05) is 23.2 Å². The minimum Gasteiger partial charge on any atom is -0.383 e. The number of nitro benzene ring substituents is 1. The van der Waals surface area contributed by atoms with Gasteiger partial charge in [0, 0.05) is 37.8 Å². The van der Waals surface area contributed by atoms with Crippen molar-refractivity contribution in [3.63, 3.8) is 0 Å². The summed E-state index contributed by atoms with van der Waals surface area (Å²) in [6.07, 6.45) is 1.85. The minimum absolute atomic E-state index is 0.123. The molecule has 0 aromatic heterocycles. The number of non-ortho nitro benzene ring substituents is 1. The van der Waals surface area contributed by atoms with Crippen LogP contribution in [0.25, 0.3) is 0 Å². The zero-order valence-corrected chi connectivity index (χ0v) is 13.5. The van der Waals surface area contributed by atoms with Crippen LogP contribution >= 0.6 is 23.2 Å². The molecule has 6 nitrogen and oxygen atoms in total. The van der Waals surface area contributed by atoms with E-state index < -0.39 is 4.92 Å². The van der Waals surface area contributed by atoms with E-state index in [2.05, 4.69) is 5.32 Å². The second-order valence-corrected chi connectivity index (χ2v) is 5.94. The van der Waals surface area contributed by atoms with Crippen molar-refractivity contribution in [2.24, 2.45) is 5.92 Å². The van der Waals surface area contributed by atoms with Crippen LogP contribution in [0, 0.1) is 16.0 Å². The predicted molar refractivity (Wildman–Crippen MR) is 86.0 cm³/mol. The molecular weight excluding hydrogens is 331 g/mol. The number of hydrogen-bond donors (Lipinski definition) is 1. The van der Waals surface area contributed by atoms with Gasteiger partial charge in [-0.2, -0.15) is 0 Å². The van der Waals surface area contributed by atoms with Crippen molar-refractivity contribution in [3.05, 3.63) is 32.3 Å². The average molecular weight is 349 g/mol. The van der Waals surface area contributed by atoms with Gasteiger partial charge in [0.05, 0.1) is 33.9 Å². The van der Waals surface area contributed by atoms with E-state index in [4.69, 9.17) is 32.7 Å². The lowest BCUT2D eigenvalue weighted by Gasteiger charge is -2.11. The molecule has 0 spiro atoms. The van der Waals surface area contributed by atoms with E-state index in [-0.39, 0.29) is 15.7 Å². The van der Waals surface area contributed by atoms with Gasteiger partial charge in [-0.15, -0.1) is 0 Å². The first-order valence-corrected chi connectivity index (χ1v) is 7.86. The first-order valence-electron chi connectivity index (χ1n) is 7.10. The SMILES string of the molecule is O=[N+]([O-])c1cc(Cl)c(NCCCOC[C@@H]2CCOC2)c(Cl)c1. The van der Waals surface area contributed by atoms with Crippen molar-refractivity contribution >= 4 is 34.6 Å². The molecule has 122 valence electrons. The zero-order chi connectivity index (χ0) is 15.9. The summed E-state index contributed by atoms with van der Waals surface area (Å²) in [5.41, 5.74) is 0.390. The maximum absolute atomic E-state index is 10.7. The van der Waals surface area contributed by atoms with Crippen LogP contribution < -0.4 is 5.32 Å². The van der Waals surface area contributed by atoms with Crippen molar-refractivity contribution in [3.8, 4) is 0 Å². The number of rotatable bonds is 8. The number of halogens is 2. The Balaban J connectivity index is 1.71. The van der Waals surface area contributed by atoms with Gasteiger partial charge in [0.25, 0.3) is 5.69 Å². The van der Waals surface area contributed by atoms with E-state index in [1.807, 2.05) is 0 Å². The number of nitrogens with zero attached hydrogens (tertiary/aromatic N) is 1. The van der Waals surface area contributed by atoms with Crippen LogP contribution in [-0.4, -0.2) is 37.9 Å². The highest BCUT2D eigenvalue weighted by molar-refractivity contribution is 6.39. The highest BCUT2D eigenvalue weighted by atomic mass is 35.5. The first kappa shape index (κ1) is 17.3. The maximum Gasteiger partial charge on any atom is 0.272 e. The molecule has 1 heterocycles. The first-order chi connectivity index (χ1) is 10.6. The molecular formula is C14H18Cl2N2O4. The van der Waals surface area contributed by atoms with Crippen LogP contribution in [0.15, 0.2) is 12.1 Å². The third kappa shape index (κ3) is 4.98. The van der Waals surface area contributed by atoms with E-state index in [9.17, 15) is 10.1 Å². The largest absolute Gasteiger partial charge is 0.383 e. The maximum atomic E-state index is 10.7. The fraction of sp³-hybridized carbons (Fsp3) is 0.571.